The van der Waals surface area contributed by atoms with E-state index in [-0.39, 0.29) is 5.69 Å². The Morgan fingerprint density at radius 1 is 1.29 bits per heavy atom. The highest BCUT2D eigenvalue weighted by atomic mass is 35.5. The monoisotopic (exact) mass is 316 g/mol. The molecule has 1 aromatic carbocycles. The molecule has 5 heteroatoms. The molecule has 3 nitrogen and oxygen atoms in total. The number of fused-ring (bicyclic) bond motifs is 1. The Morgan fingerprint density at radius 3 is 2.76 bits per heavy atom. The maximum atomic E-state index is 12.4. The van der Waals surface area contributed by atoms with E-state index in [0.29, 0.717) is 10.3 Å². The van der Waals surface area contributed by atoms with Crippen molar-refractivity contribution in [2.75, 3.05) is 0 Å². The van der Waals surface area contributed by atoms with Crippen LogP contribution in [0.2, 0.25) is 4.34 Å². The van der Waals surface area contributed by atoms with E-state index in [1.165, 1.54) is 24.2 Å². The smallest absolute Gasteiger partial charge is 0.283 e. The summed E-state index contributed by atoms with van der Waals surface area (Å²) in [5, 5.41) is 0.969. The lowest BCUT2D eigenvalue weighted by atomic mass is 10.1. The van der Waals surface area contributed by atoms with Gasteiger partial charge in [-0.2, -0.15) is 4.98 Å². The Balaban J connectivity index is 1.98. The summed E-state index contributed by atoms with van der Waals surface area (Å²) in [4.78, 5) is 17.7. The molecule has 4 rings (SSSR count). The molecule has 0 radical (unpaired) electrons. The topological polar surface area (TPSA) is 34.9 Å². The molecule has 0 aliphatic heterocycles. The molecule has 0 bridgehead atoms. The quantitative estimate of drug-likeness (QED) is 0.726. The molecule has 0 spiro atoms. The number of nitrogens with zero attached hydrogens (tertiary/aromatic N) is 2. The lowest BCUT2D eigenvalue weighted by molar-refractivity contribution is 0.617. The number of benzene rings is 1. The van der Waals surface area contributed by atoms with Gasteiger partial charge in [0.1, 0.15) is 4.83 Å². The van der Waals surface area contributed by atoms with Crippen molar-refractivity contribution >= 4 is 33.2 Å². The van der Waals surface area contributed by atoms with Crippen molar-refractivity contribution in [2.24, 2.45) is 5.92 Å². The van der Waals surface area contributed by atoms with Crippen molar-refractivity contribution in [3.8, 4) is 11.3 Å². The Labute approximate surface area is 130 Å². The van der Waals surface area contributed by atoms with Crippen LogP contribution < -0.4 is 5.69 Å². The third kappa shape index (κ3) is 2.39. The van der Waals surface area contributed by atoms with Gasteiger partial charge in [0.15, 0.2) is 0 Å². The molecule has 0 N–H and O–H groups in total. The largest absolute Gasteiger partial charge is 0.349 e. The predicted molar refractivity (Wildman–Crippen MR) is 87.1 cm³/mol. The van der Waals surface area contributed by atoms with E-state index < -0.39 is 0 Å². The zero-order valence-corrected chi connectivity index (χ0v) is 12.8. The van der Waals surface area contributed by atoms with Crippen molar-refractivity contribution in [1.29, 1.82) is 0 Å². The summed E-state index contributed by atoms with van der Waals surface area (Å²) >= 11 is 7.65. The van der Waals surface area contributed by atoms with Gasteiger partial charge in [-0.1, -0.05) is 41.9 Å². The maximum absolute atomic E-state index is 12.4. The SMILES string of the molecule is O=c1nc(-c2ccccc2)c2cc(Cl)sc2n1CC1CC1. The number of hydrogen-bond acceptors (Lipinski definition) is 3. The first-order valence-corrected chi connectivity index (χ1v) is 8.17. The van der Waals surface area contributed by atoms with Gasteiger partial charge in [0.2, 0.25) is 0 Å². The second kappa shape index (κ2) is 4.97. The summed E-state index contributed by atoms with van der Waals surface area (Å²) in [5.74, 6) is 0.621. The summed E-state index contributed by atoms with van der Waals surface area (Å²) in [6.07, 6.45) is 2.40. The Bertz CT molecular complexity index is 865. The van der Waals surface area contributed by atoms with Crippen LogP contribution in [0.4, 0.5) is 0 Å². The van der Waals surface area contributed by atoms with Gasteiger partial charge >= 0.3 is 5.69 Å². The molecule has 0 unspecified atom stereocenters. The van der Waals surface area contributed by atoms with Crippen molar-refractivity contribution < 1.29 is 0 Å². The summed E-state index contributed by atoms with van der Waals surface area (Å²) < 4.78 is 2.48. The Hall–Kier alpha value is -1.65. The molecule has 106 valence electrons. The molecule has 21 heavy (non-hydrogen) atoms. The van der Waals surface area contributed by atoms with Crippen LogP contribution in [0.25, 0.3) is 21.5 Å². The van der Waals surface area contributed by atoms with Gasteiger partial charge in [-0.15, -0.1) is 11.3 Å². The van der Waals surface area contributed by atoms with Crippen LogP contribution >= 0.6 is 22.9 Å². The Kier molecular flexibility index (Phi) is 3.08. The first-order chi connectivity index (χ1) is 10.2. The van der Waals surface area contributed by atoms with E-state index in [0.717, 1.165) is 28.0 Å². The van der Waals surface area contributed by atoms with Crippen LogP contribution in [0.15, 0.2) is 41.2 Å². The van der Waals surface area contributed by atoms with Gasteiger partial charge in [-0.3, -0.25) is 4.57 Å². The third-order valence-corrected chi connectivity index (χ3v) is 5.09. The molecule has 2 heterocycles. The van der Waals surface area contributed by atoms with Crippen LogP contribution in [-0.4, -0.2) is 9.55 Å². The molecule has 1 saturated carbocycles. The fourth-order valence-electron chi connectivity index (χ4n) is 2.56. The Morgan fingerprint density at radius 2 is 2.05 bits per heavy atom. The van der Waals surface area contributed by atoms with Gasteiger partial charge in [-0.05, 0) is 24.8 Å². The van der Waals surface area contributed by atoms with E-state index in [9.17, 15) is 4.79 Å². The average Bonchev–Trinajstić information content (AvgIpc) is 3.23. The van der Waals surface area contributed by atoms with Crippen LogP contribution in [0.1, 0.15) is 12.8 Å². The summed E-state index contributed by atoms with van der Waals surface area (Å²) in [6, 6.07) is 11.7. The molecular formula is C16H13ClN2OS. The van der Waals surface area contributed by atoms with Crippen LogP contribution in [0.3, 0.4) is 0 Å². The van der Waals surface area contributed by atoms with Crippen LogP contribution in [0, 0.1) is 5.92 Å². The highest BCUT2D eigenvalue weighted by molar-refractivity contribution is 7.22. The number of rotatable bonds is 3. The molecule has 0 saturated heterocycles. The fraction of sp³-hybridized carbons (Fsp3) is 0.250. The number of thiophene rings is 1. The molecule has 1 fully saturated rings. The zero-order valence-electron chi connectivity index (χ0n) is 11.3. The predicted octanol–water partition coefficient (Wildman–Crippen LogP) is 4.19. The molecule has 3 aromatic rings. The molecule has 0 atom stereocenters. The van der Waals surface area contributed by atoms with E-state index >= 15 is 0 Å². The van der Waals surface area contributed by atoms with E-state index in [1.807, 2.05) is 36.4 Å². The molecule has 0 amide bonds. The second-order valence-electron chi connectivity index (χ2n) is 5.43. The van der Waals surface area contributed by atoms with Gasteiger partial charge in [0.05, 0.1) is 10.0 Å². The van der Waals surface area contributed by atoms with Crippen molar-refractivity contribution in [2.45, 2.75) is 19.4 Å². The molecular weight excluding hydrogens is 304 g/mol. The zero-order chi connectivity index (χ0) is 14.4. The van der Waals surface area contributed by atoms with Crippen LogP contribution in [0.5, 0.6) is 0 Å². The highest BCUT2D eigenvalue weighted by Gasteiger charge is 2.24. The lowest BCUT2D eigenvalue weighted by Crippen LogP contribution is -2.24. The van der Waals surface area contributed by atoms with Gasteiger partial charge in [0.25, 0.3) is 0 Å². The summed E-state index contributed by atoms with van der Waals surface area (Å²) in [5.41, 5.74) is 1.50. The number of halogens is 1. The molecule has 2 aromatic heterocycles. The first-order valence-electron chi connectivity index (χ1n) is 6.97. The van der Waals surface area contributed by atoms with Gasteiger partial charge < -0.3 is 0 Å². The third-order valence-electron chi connectivity index (χ3n) is 3.81. The van der Waals surface area contributed by atoms with E-state index in [1.54, 1.807) is 4.57 Å². The molecule has 1 aliphatic carbocycles. The highest BCUT2D eigenvalue weighted by Crippen LogP contribution is 2.36. The van der Waals surface area contributed by atoms with Crippen molar-refractivity contribution in [1.82, 2.24) is 9.55 Å². The summed E-state index contributed by atoms with van der Waals surface area (Å²) in [7, 11) is 0. The van der Waals surface area contributed by atoms with E-state index in [2.05, 4.69) is 4.98 Å². The first kappa shape index (κ1) is 13.0. The minimum atomic E-state index is -0.174. The van der Waals surface area contributed by atoms with Gasteiger partial charge in [-0.25, -0.2) is 4.79 Å². The summed E-state index contributed by atoms with van der Waals surface area (Å²) in [6.45, 7) is 0.758. The maximum Gasteiger partial charge on any atom is 0.349 e. The normalized spacial score (nSPS) is 14.7. The van der Waals surface area contributed by atoms with Crippen molar-refractivity contribution in [3.05, 3.63) is 51.2 Å². The fourth-order valence-corrected chi connectivity index (χ4v) is 3.78. The van der Waals surface area contributed by atoms with Gasteiger partial charge in [0, 0.05) is 17.5 Å². The lowest BCUT2D eigenvalue weighted by Gasteiger charge is -2.08. The second-order valence-corrected chi connectivity index (χ2v) is 7.09. The minimum Gasteiger partial charge on any atom is -0.283 e. The standard InChI is InChI=1S/C16H13ClN2OS/c17-13-8-12-14(11-4-2-1-3-5-11)18-16(20)19(15(12)21-13)9-10-6-7-10/h1-5,8,10H,6-7,9H2. The average molecular weight is 317 g/mol. The molecule has 1 aliphatic rings. The van der Waals surface area contributed by atoms with Crippen molar-refractivity contribution in [3.63, 3.8) is 0 Å². The number of hydrogen-bond donors (Lipinski definition) is 0. The number of aromatic nitrogens is 2. The van der Waals surface area contributed by atoms with Crippen LogP contribution in [-0.2, 0) is 6.54 Å². The minimum absolute atomic E-state index is 0.174. The van der Waals surface area contributed by atoms with E-state index in [4.69, 9.17) is 11.6 Å².